The lowest BCUT2D eigenvalue weighted by Gasteiger charge is -1.99. The van der Waals surface area contributed by atoms with E-state index >= 15 is 0 Å². The van der Waals surface area contributed by atoms with Crippen LogP contribution in [0.1, 0.15) is 18.3 Å². The molecule has 0 fully saturated rings. The third kappa shape index (κ3) is 3.19. The zero-order valence-electron chi connectivity index (χ0n) is 11.0. The van der Waals surface area contributed by atoms with Crippen LogP contribution in [0.3, 0.4) is 0 Å². The molecule has 0 aliphatic heterocycles. The van der Waals surface area contributed by atoms with Gasteiger partial charge in [0.25, 0.3) is 5.69 Å². The normalized spacial score (nSPS) is 10.5. The zero-order valence-corrected chi connectivity index (χ0v) is 11.0. The Morgan fingerprint density at radius 3 is 2.71 bits per heavy atom. The second-order valence-electron chi connectivity index (χ2n) is 3.86. The molecule has 0 unspecified atom stereocenters. The number of rotatable bonds is 5. The van der Waals surface area contributed by atoms with Crippen LogP contribution < -0.4 is 0 Å². The van der Waals surface area contributed by atoms with Crippen LogP contribution in [0.2, 0.25) is 0 Å². The van der Waals surface area contributed by atoms with Gasteiger partial charge in [0.1, 0.15) is 0 Å². The first kappa shape index (κ1) is 14.2. The molecule has 10 heteroatoms. The molecule has 0 spiro atoms. The van der Waals surface area contributed by atoms with Crippen LogP contribution in [0.25, 0.3) is 10.4 Å². The summed E-state index contributed by atoms with van der Waals surface area (Å²) in [5.74, 6) is 0.572. The van der Waals surface area contributed by atoms with Crippen LogP contribution in [0.5, 0.6) is 0 Å². The SMILES string of the molecule is CCc1nnc(N=[N+]=[N-])n1/N=C/c1ccc([N+](=O)[O-])cc1. The molecular weight excluding hydrogens is 276 g/mol. The van der Waals surface area contributed by atoms with Crippen molar-refractivity contribution in [2.45, 2.75) is 13.3 Å². The van der Waals surface area contributed by atoms with Crippen LogP contribution in [0.15, 0.2) is 34.5 Å². The molecule has 0 aliphatic carbocycles. The summed E-state index contributed by atoms with van der Waals surface area (Å²) in [6, 6.07) is 5.88. The van der Waals surface area contributed by atoms with Gasteiger partial charge in [0.15, 0.2) is 5.82 Å². The third-order valence-corrected chi connectivity index (χ3v) is 2.57. The van der Waals surface area contributed by atoms with Gasteiger partial charge < -0.3 is 0 Å². The van der Waals surface area contributed by atoms with E-state index in [1.54, 1.807) is 12.1 Å². The van der Waals surface area contributed by atoms with Crippen molar-refractivity contribution in [3.05, 3.63) is 56.2 Å². The number of nitrogens with zero attached hydrogens (tertiary/aromatic N) is 8. The highest BCUT2D eigenvalue weighted by molar-refractivity contribution is 5.79. The average Bonchev–Trinajstić information content (AvgIpc) is 2.88. The summed E-state index contributed by atoms with van der Waals surface area (Å²) in [6.45, 7) is 1.86. The predicted molar refractivity (Wildman–Crippen MR) is 74.3 cm³/mol. The second kappa shape index (κ2) is 6.26. The van der Waals surface area contributed by atoms with Gasteiger partial charge in [0, 0.05) is 23.5 Å². The van der Waals surface area contributed by atoms with Gasteiger partial charge in [0.2, 0.25) is 5.95 Å². The molecule has 0 saturated carbocycles. The van der Waals surface area contributed by atoms with Crippen LogP contribution in [-0.2, 0) is 6.42 Å². The zero-order chi connectivity index (χ0) is 15.2. The van der Waals surface area contributed by atoms with E-state index in [0.29, 0.717) is 17.8 Å². The largest absolute Gasteiger partial charge is 0.269 e. The van der Waals surface area contributed by atoms with Crippen molar-refractivity contribution in [3.8, 4) is 0 Å². The Labute approximate surface area is 118 Å². The molecule has 0 aliphatic rings. The minimum absolute atomic E-state index is 0.000430. The summed E-state index contributed by atoms with van der Waals surface area (Å²) >= 11 is 0. The Kier molecular flexibility index (Phi) is 4.22. The highest BCUT2D eigenvalue weighted by atomic mass is 16.6. The molecule has 1 aromatic heterocycles. The first-order chi connectivity index (χ1) is 10.2. The van der Waals surface area contributed by atoms with Crippen molar-refractivity contribution in [2.24, 2.45) is 10.2 Å². The summed E-state index contributed by atoms with van der Waals surface area (Å²) in [6.07, 6.45) is 2.04. The number of aryl methyl sites for hydroxylation is 1. The van der Waals surface area contributed by atoms with E-state index < -0.39 is 4.92 Å². The lowest BCUT2D eigenvalue weighted by atomic mass is 10.2. The molecule has 21 heavy (non-hydrogen) atoms. The topological polar surface area (TPSA) is 135 Å². The Morgan fingerprint density at radius 2 is 2.14 bits per heavy atom. The van der Waals surface area contributed by atoms with Crippen LogP contribution in [0, 0.1) is 10.1 Å². The fourth-order valence-corrected chi connectivity index (χ4v) is 1.55. The summed E-state index contributed by atoms with van der Waals surface area (Å²) in [5.41, 5.74) is 9.11. The van der Waals surface area contributed by atoms with E-state index in [1.165, 1.54) is 23.0 Å². The van der Waals surface area contributed by atoms with Crippen molar-refractivity contribution in [2.75, 3.05) is 0 Å². The molecule has 0 amide bonds. The van der Waals surface area contributed by atoms with Crippen molar-refractivity contribution in [1.29, 1.82) is 0 Å². The molecule has 0 saturated heterocycles. The maximum absolute atomic E-state index is 10.6. The van der Waals surface area contributed by atoms with Crippen molar-refractivity contribution in [1.82, 2.24) is 14.9 Å². The number of hydrogen-bond acceptors (Lipinski definition) is 6. The van der Waals surface area contributed by atoms with Gasteiger partial charge in [-0.15, -0.1) is 10.2 Å². The van der Waals surface area contributed by atoms with Crippen molar-refractivity contribution < 1.29 is 4.92 Å². The molecule has 2 rings (SSSR count). The van der Waals surface area contributed by atoms with Gasteiger partial charge in [-0.2, -0.15) is 9.78 Å². The monoisotopic (exact) mass is 286 g/mol. The minimum atomic E-state index is -0.477. The molecule has 10 nitrogen and oxygen atoms in total. The molecule has 2 aromatic rings. The van der Waals surface area contributed by atoms with Gasteiger partial charge in [0.05, 0.1) is 11.1 Å². The van der Waals surface area contributed by atoms with Gasteiger partial charge in [-0.05, 0) is 28.3 Å². The lowest BCUT2D eigenvalue weighted by Crippen LogP contribution is -1.97. The van der Waals surface area contributed by atoms with Gasteiger partial charge in [-0.25, -0.2) is 0 Å². The van der Waals surface area contributed by atoms with E-state index in [9.17, 15) is 10.1 Å². The average molecular weight is 286 g/mol. The summed E-state index contributed by atoms with van der Waals surface area (Å²) < 4.78 is 1.32. The number of hydrogen-bond donors (Lipinski definition) is 0. The van der Waals surface area contributed by atoms with E-state index in [-0.39, 0.29) is 11.6 Å². The highest BCUT2D eigenvalue weighted by Gasteiger charge is 2.08. The van der Waals surface area contributed by atoms with Gasteiger partial charge >= 0.3 is 0 Å². The summed E-state index contributed by atoms with van der Waals surface area (Å²) in [7, 11) is 0. The first-order valence-electron chi connectivity index (χ1n) is 5.94. The smallest absolute Gasteiger partial charge is 0.258 e. The number of azide groups is 1. The Hall–Kier alpha value is -3.26. The highest BCUT2D eigenvalue weighted by Crippen LogP contribution is 2.13. The molecule has 0 N–H and O–H groups in total. The number of nitro benzene ring substituents is 1. The third-order valence-electron chi connectivity index (χ3n) is 2.57. The molecule has 1 heterocycles. The molecule has 0 bridgehead atoms. The maximum Gasteiger partial charge on any atom is 0.269 e. The van der Waals surface area contributed by atoms with Crippen LogP contribution in [0.4, 0.5) is 11.6 Å². The minimum Gasteiger partial charge on any atom is -0.258 e. The van der Waals surface area contributed by atoms with Crippen molar-refractivity contribution in [3.63, 3.8) is 0 Å². The molecule has 1 aromatic carbocycles. The summed E-state index contributed by atoms with van der Waals surface area (Å²) in [4.78, 5) is 12.7. The predicted octanol–water partition coefficient (Wildman–Crippen LogP) is 2.57. The van der Waals surface area contributed by atoms with E-state index in [4.69, 9.17) is 5.53 Å². The Morgan fingerprint density at radius 1 is 1.43 bits per heavy atom. The molecule has 0 atom stereocenters. The number of benzene rings is 1. The van der Waals surface area contributed by atoms with E-state index in [1.807, 2.05) is 6.92 Å². The Bertz CT molecular complexity index is 727. The molecular formula is C11H10N8O2. The number of aromatic nitrogens is 3. The van der Waals surface area contributed by atoms with Crippen molar-refractivity contribution >= 4 is 17.9 Å². The van der Waals surface area contributed by atoms with Crippen LogP contribution in [-0.4, -0.2) is 26.0 Å². The van der Waals surface area contributed by atoms with Gasteiger partial charge in [-0.3, -0.25) is 10.1 Å². The molecule has 106 valence electrons. The maximum atomic E-state index is 10.6. The van der Waals surface area contributed by atoms with Crippen LogP contribution >= 0.6 is 0 Å². The van der Waals surface area contributed by atoms with E-state index in [0.717, 1.165) is 0 Å². The Balaban J connectivity index is 2.30. The lowest BCUT2D eigenvalue weighted by molar-refractivity contribution is -0.384. The van der Waals surface area contributed by atoms with Gasteiger partial charge in [-0.1, -0.05) is 6.92 Å². The molecule has 0 radical (unpaired) electrons. The van der Waals surface area contributed by atoms with E-state index in [2.05, 4.69) is 25.3 Å². The number of nitro groups is 1. The standard InChI is InChI=1S/C11H10N8O2/c1-2-10-14-15-11(16-17-12)18(10)13-7-8-3-5-9(6-4-8)19(20)21/h3-7H,2H2,1H3/b13-7+. The fraction of sp³-hybridized carbons (Fsp3) is 0.182. The number of non-ortho nitro benzene ring substituents is 1. The first-order valence-corrected chi connectivity index (χ1v) is 5.94. The summed E-state index contributed by atoms with van der Waals surface area (Å²) in [5, 5.41) is 25.6. The second-order valence-corrected chi connectivity index (χ2v) is 3.86. The quantitative estimate of drug-likeness (QED) is 0.208. The fourth-order valence-electron chi connectivity index (χ4n) is 1.55.